The Kier molecular flexibility index (Phi) is 3.22. The lowest BCUT2D eigenvalue weighted by Crippen LogP contribution is -2.10. The van der Waals surface area contributed by atoms with Gasteiger partial charge in [0.15, 0.2) is 0 Å². The lowest BCUT2D eigenvalue weighted by Gasteiger charge is -2.18. The van der Waals surface area contributed by atoms with Crippen molar-refractivity contribution in [1.29, 1.82) is 0 Å². The van der Waals surface area contributed by atoms with Crippen molar-refractivity contribution >= 4 is 0 Å². The molecule has 0 bridgehead atoms. The van der Waals surface area contributed by atoms with Crippen LogP contribution in [-0.2, 0) is 5.41 Å². The molecule has 96 valence electrons. The molecule has 0 saturated heterocycles. The number of hydrogen-bond acceptors (Lipinski definition) is 4. The van der Waals surface area contributed by atoms with Crippen LogP contribution in [0.25, 0.3) is 11.4 Å². The fourth-order valence-electron chi connectivity index (χ4n) is 1.66. The standard InChI is InChI=1S/C14H19N3O/c1-9(15)13-16-12(17-18-13)10-5-7-11(8-6-10)14(2,3)4/h5-9H,15H2,1-4H3. The maximum absolute atomic E-state index is 5.69. The van der Waals surface area contributed by atoms with Crippen LogP contribution in [0.5, 0.6) is 0 Å². The maximum Gasteiger partial charge on any atom is 0.243 e. The Morgan fingerprint density at radius 2 is 1.78 bits per heavy atom. The van der Waals surface area contributed by atoms with Gasteiger partial charge >= 0.3 is 0 Å². The summed E-state index contributed by atoms with van der Waals surface area (Å²) in [5.74, 6) is 1.05. The van der Waals surface area contributed by atoms with E-state index in [0.717, 1.165) is 5.56 Å². The highest BCUT2D eigenvalue weighted by molar-refractivity contribution is 5.55. The minimum Gasteiger partial charge on any atom is -0.337 e. The third-order valence-corrected chi connectivity index (χ3v) is 2.84. The molecule has 4 nitrogen and oxygen atoms in total. The van der Waals surface area contributed by atoms with E-state index in [4.69, 9.17) is 10.3 Å². The average Bonchev–Trinajstić information content (AvgIpc) is 2.77. The van der Waals surface area contributed by atoms with Crippen LogP contribution in [0.1, 0.15) is 45.2 Å². The molecule has 0 spiro atoms. The van der Waals surface area contributed by atoms with E-state index >= 15 is 0 Å². The van der Waals surface area contributed by atoms with Crippen molar-refractivity contribution in [3.63, 3.8) is 0 Å². The normalized spacial score (nSPS) is 13.6. The fourth-order valence-corrected chi connectivity index (χ4v) is 1.66. The minimum absolute atomic E-state index is 0.146. The molecule has 0 aliphatic carbocycles. The molecule has 2 N–H and O–H groups in total. The van der Waals surface area contributed by atoms with Gasteiger partial charge in [-0.05, 0) is 17.9 Å². The Labute approximate surface area is 107 Å². The van der Waals surface area contributed by atoms with E-state index in [9.17, 15) is 0 Å². The zero-order chi connectivity index (χ0) is 13.3. The van der Waals surface area contributed by atoms with Crippen molar-refractivity contribution in [2.45, 2.75) is 39.2 Å². The number of nitrogens with zero attached hydrogens (tertiary/aromatic N) is 2. The molecular formula is C14H19N3O. The molecule has 0 radical (unpaired) electrons. The van der Waals surface area contributed by atoms with E-state index in [1.165, 1.54) is 5.56 Å². The number of aromatic nitrogens is 2. The van der Waals surface area contributed by atoms with E-state index in [0.29, 0.717) is 11.7 Å². The second kappa shape index (κ2) is 4.53. The lowest BCUT2D eigenvalue weighted by atomic mass is 9.87. The fraction of sp³-hybridized carbons (Fsp3) is 0.429. The monoisotopic (exact) mass is 245 g/mol. The summed E-state index contributed by atoms with van der Waals surface area (Å²) in [6.07, 6.45) is 0. The zero-order valence-electron chi connectivity index (χ0n) is 11.3. The predicted octanol–water partition coefficient (Wildman–Crippen LogP) is 3.05. The van der Waals surface area contributed by atoms with Crippen LogP contribution < -0.4 is 5.73 Å². The summed E-state index contributed by atoms with van der Waals surface area (Å²) in [4.78, 5) is 4.27. The van der Waals surface area contributed by atoms with E-state index < -0.39 is 0 Å². The number of nitrogens with two attached hydrogens (primary N) is 1. The van der Waals surface area contributed by atoms with Crippen LogP contribution in [0.15, 0.2) is 28.8 Å². The van der Waals surface area contributed by atoms with Crippen molar-refractivity contribution in [3.05, 3.63) is 35.7 Å². The van der Waals surface area contributed by atoms with Crippen molar-refractivity contribution in [3.8, 4) is 11.4 Å². The van der Waals surface area contributed by atoms with Gasteiger partial charge in [0.1, 0.15) is 0 Å². The molecule has 2 rings (SSSR count). The molecule has 1 unspecified atom stereocenters. The van der Waals surface area contributed by atoms with E-state index in [-0.39, 0.29) is 11.5 Å². The van der Waals surface area contributed by atoms with Gasteiger partial charge in [0.2, 0.25) is 11.7 Å². The molecule has 1 aromatic heterocycles. The minimum atomic E-state index is -0.236. The van der Waals surface area contributed by atoms with E-state index in [2.05, 4.69) is 43.0 Å². The molecule has 0 saturated carbocycles. The van der Waals surface area contributed by atoms with Crippen LogP contribution in [0.2, 0.25) is 0 Å². The summed E-state index contributed by atoms with van der Waals surface area (Å²) in [5.41, 5.74) is 8.06. The smallest absolute Gasteiger partial charge is 0.243 e. The Morgan fingerprint density at radius 3 is 2.22 bits per heavy atom. The lowest BCUT2D eigenvalue weighted by molar-refractivity contribution is 0.362. The Balaban J connectivity index is 2.29. The molecule has 2 aromatic rings. The molecule has 0 aliphatic heterocycles. The number of rotatable bonds is 2. The van der Waals surface area contributed by atoms with Gasteiger partial charge in [-0.15, -0.1) is 0 Å². The van der Waals surface area contributed by atoms with Crippen LogP contribution in [0.4, 0.5) is 0 Å². The highest BCUT2D eigenvalue weighted by Crippen LogP contribution is 2.25. The van der Waals surface area contributed by atoms with Crippen molar-refractivity contribution < 1.29 is 4.52 Å². The first kappa shape index (κ1) is 12.8. The van der Waals surface area contributed by atoms with Gasteiger partial charge in [-0.1, -0.05) is 50.2 Å². The van der Waals surface area contributed by atoms with Gasteiger partial charge in [0.05, 0.1) is 6.04 Å². The van der Waals surface area contributed by atoms with Crippen LogP contribution in [0.3, 0.4) is 0 Å². The first-order valence-corrected chi connectivity index (χ1v) is 6.08. The Morgan fingerprint density at radius 1 is 1.17 bits per heavy atom. The van der Waals surface area contributed by atoms with Gasteiger partial charge in [0.25, 0.3) is 0 Å². The predicted molar refractivity (Wildman–Crippen MR) is 71.0 cm³/mol. The summed E-state index contributed by atoms with van der Waals surface area (Å²) < 4.78 is 5.09. The zero-order valence-corrected chi connectivity index (χ0v) is 11.3. The second-order valence-corrected chi connectivity index (χ2v) is 5.57. The van der Waals surface area contributed by atoms with Gasteiger partial charge in [0, 0.05) is 5.56 Å². The van der Waals surface area contributed by atoms with Crippen molar-refractivity contribution in [2.24, 2.45) is 5.73 Å². The summed E-state index contributed by atoms with van der Waals surface area (Å²) in [6.45, 7) is 8.37. The van der Waals surface area contributed by atoms with Crippen LogP contribution in [-0.4, -0.2) is 10.1 Å². The SMILES string of the molecule is CC(N)c1nc(-c2ccc(C(C)(C)C)cc2)no1. The summed E-state index contributed by atoms with van der Waals surface area (Å²) in [5, 5.41) is 3.93. The topological polar surface area (TPSA) is 64.9 Å². The molecule has 1 aromatic carbocycles. The van der Waals surface area contributed by atoms with Gasteiger partial charge in [-0.2, -0.15) is 4.98 Å². The molecule has 4 heteroatoms. The Bertz CT molecular complexity index is 521. The number of hydrogen-bond donors (Lipinski definition) is 1. The third-order valence-electron chi connectivity index (χ3n) is 2.84. The molecule has 0 aliphatic rings. The maximum atomic E-state index is 5.69. The van der Waals surface area contributed by atoms with Crippen LogP contribution >= 0.6 is 0 Å². The number of benzene rings is 1. The third kappa shape index (κ3) is 2.59. The molecule has 18 heavy (non-hydrogen) atoms. The largest absolute Gasteiger partial charge is 0.337 e. The van der Waals surface area contributed by atoms with Gasteiger partial charge < -0.3 is 10.3 Å². The van der Waals surface area contributed by atoms with E-state index in [1.54, 1.807) is 0 Å². The molecule has 0 fully saturated rings. The molecular weight excluding hydrogens is 226 g/mol. The molecule has 0 amide bonds. The average molecular weight is 245 g/mol. The summed E-state index contributed by atoms with van der Waals surface area (Å²) >= 11 is 0. The van der Waals surface area contributed by atoms with Gasteiger partial charge in [-0.3, -0.25) is 0 Å². The quantitative estimate of drug-likeness (QED) is 0.883. The highest BCUT2D eigenvalue weighted by atomic mass is 16.5. The summed E-state index contributed by atoms with van der Waals surface area (Å²) in [6, 6.07) is 7.97. The molecule has 1 heterocycles. The van der Waals surface area contributed by atoms with E-state index in [1.807, 2.05) is 19.1 Å². The van der Waals surface area contributed by atoms with Crippen molar-refractivity contribution in [2.75, 3.05) is 0 Å². The summed E-state index contributed by atoms with van der Waals surface area (Å²) in [7, 11) is 0. The van der Waals surface area contributed by atoms with Crippen LogP contribution in [0, 0.1) is 0 Å². The van der Waals surface area contributed by atoms with Gasteiger partial charge in [-0.25, -0.2) is 0 Å². The molecule has 1 atom stereocenters. The second-order valence-electron chi connectivity index (χ2n) is 5.57. The first-order chi connectivity index (χ1) is 8.38. The van der Waals surface area contributed by atoms with Crippen molar-refractivity contribution in [1.82, 2.24) is 10.1 Å². The Hall–Kier alpha value is -1.68. The first-order valence-electron chi connectivity index (χ1n) is 6.08. The highest BCUT2D eigenvalue weighted by Gasteiger charge is 2.15.